The zero-order valence-electron chi connectivity index (χ0n) is 20.2. The highest BCUT2D eigenvalue weighted by molar-refractivity contribution is 6.98. The Morgan fingerprint density at radius 1 is 0.886 bits per heavy atom. The molecule has 1 amide bonds. The maximum atomic E-state index is 12.4. The number of amides is 1. The molecule has 1 atom stereocenters. The maximum absolute atomic E-state index is 12.4. The average Bonchev–Trinajstić information content (AvgIpc) is 2.87. The lowest BCUT2D eigenvalue weighted by Gasteiger charge is -2.42. The standard InChI is InChI=1S/C28H33NO5Si/c1-28(2,35(33,24-14-8-4-9-15-24)25-16-10-5-11-17-25)19-18-23(20-26(30)31)29-27(32)34-21-22-12-6-3-7-13-22/h3-17,23,33H,18-21H2,1-2H3,(H,29,32)(H,30,31)/t23-/m1/s1. The van der Waals surface area contributed by atoms with E-state index in [0.717, 1.165) is 15.9 Å². The molecule has 6 nitrogen and oxygen atoms in total. The predicted molar refractivity (Wildman–Crippen MR) is 139 cm³/mol. The summed E-state index contributed by atoms with van der Waals surface area (Å²) in [7, 11) is -3.23. The first-order valence-corrected chi connectivity index (χ1v) is 13.7. The van der Waals surface area contributed by atoms with E-state index in [4.69, 9.17) is 4.74 Å². The first-order valence-electron chi connectivity index (χ1n) is 11.7. The number of ether oxygens (including phenoxy) is 1. The molecule has 0 spiro atoms. The molecule has 0 bridgehead atoms. The van der Waals surface area contributed by atoms with Crippen LogP contribution in [0.1, 0.15) is 38.7 Å². The molecule has 0 aromatic heterocycles. The normalized spacial score (nSPS) is 12.5. The molecule has 35 heavy (non-hydrogen) atoms. The number of alkyl carbamates (subject to hydrolysis) is 1. The first-order chi connectivity index (χ1) is 16.7. The van der Waals surface area contributed by atoms with Crippen molar-refractivity contribution in [3.63, 3.8) is 0 Å². The molecule has 7 heteroatoms. The molecule has 0 aliphatic rings. The number of aliphatic carboxylic acids is 1. The zero-order valence-corrected chi connectivity index (χ0v) is 21.2. The van der Waals surface area contributed by atoms with Gasteiger partial charge in [0.1, 0.15) is 6.61 Å². The number of hydrogen-bond donors (Lipinski definition) is 3. The Hall–Kier alpha value is -3.42. The molecule has 0 saturated heterocycles. The van der Waals surface area contributed by atoms with Gasteiger partial charge in [-0.3, -0.25) is 4.79 Å². The van der Waals surface area contributed by atoms with E-state index in [9.17, 15) is 19.5 Å². The third-order valence-electron chi connectivity index (χ3n) is 6.44. The van der Waals surface area contributed by atoms with Gasteiger partial charge >= 0.3 is 12.1 Å². The smallest absolute Gasteiger partial charge is 0.407 e. The Kier molecular flexibility index (Phi) is 8.84. The summed E-state index contributed by atoms with van der Waals surface area (Å²) in [6, 6.07) is 28.0. The summed E-state index contributed by atoms with van der Waals surface area (Å²) in [5.41, 5.74) is 0.848. The number of hydrogen-bond acceptors (Lipinski definition) is 4. The largest absolute Gasteiger partial charge is 0.481 e. The third-order valence-corrected chi connectivity index (χ3v) is 11.0. The van der Waals surface area contributed by atoms with Gasteiger partial charge in [0.15, 0.2) is 0 Å². The number of benzene rings is 3. The lowest BCUT2D eigenvalue weighted by molar-refractivity contribution is -0.137. The van der Waals surface area contributed by atoms with Crippen molar-refractivity contribution in [1.29, 1.82) is 0 Å². The van der Waals surface area contributed by atoms with Gasteiger partial charge < -0.3 is 20.0 Å². The van der Waals surface area contributed by atoms with Gasteiger partial charge in [0.2, 0.25) is 0 Å². The second kappa shape index (κ2) is 11.8. The van der Waals surface area contributed by atoms with E-state index < -0.39 is 31.5 Å². The van der Waals surface area contributed by atoms with Crippen molar-refractivity contribution < 1.29 is 24.2 Å². The molecule has 0 unspecified atom stereocenters. The molecule has 3 aromatic carbocycles. The molecule has 0 heterocycles. The Morgan fingerprint density at radius 2 is 1.37 bits per heavy atom. The molecule has 3 aromatic rings. The van der Waals surface area contributed by atoms with Crippen molar-refractivity contribution in [1.82, 2.24) is 5.32 Å². The molecule has 0 fully saturated rings. The molecule has 0 radical (unpaired) electrons. The van der Waals surface area contributed by atoms with Crippen molar-refractivity contribution in [2.45, 2.75) is 50.8 Å². The summed E-state index contributed by atoms with van der Waals surface area (Å²) in [5, 5.41) is 13.4. The molecule has 184 valence electrons. The van der Waals surface area contributed by atoms with Crippen LogP contribution in [-0.4, -0.2) is 36.3 Å². The van der Waals surface area contributed by atoms with E-state index in [1.165, 1.54) is 0 Å². The number of nitrogens with one attached hydrogen (secondary N) is 1. The summed E-state index contributed by atoms with van der Waals surface area (Å²) in [6.07, 6.45) is 0.00901. The average molecular weight is 492 g/mol. The van der Waals surface area contributed by atoms with Crippen molar-refractivity contribution in [3.8, 4) is 0 Å². The second-order valence-electron chi connectivity index (χ2n) is 9.37. The molecule has 0 aliphatic carbocycles. The third kappa shape index (κ3) is 6.80. The van der Waals surface area contributed by atoms with Gasteiger partial charge in [-0.1, -0.05) is 105 Å². The summed E-state index contributed by atoms with van der Waals surface area (Å²) < 4.78 is 5.29. The summed E-state index contributed by atoms with van der Waals surface area (Å²) in [5.74, 6) is -1.00. The van der Waals surface area contributed by atoms with Gasteiger partial charge in [0.05, 0.1) is 6.42 Å². The zero-order chi connectivity index (χ0) is 25.3. The lowest BCUT2D eigenvalue weighted by atomic mass is 10.0. The molecule has 0 aliphatic heterocycles. The van der Waals surface area contributed by atoms with Crippen LogP contribution in [0.15, 0.2) is 91.0 Å². The van der Waals surface area contributed by atoms with Crippen LogP contribution in [0, 0.1) is 0 Å². The number of carbonyl (C=O) groups excluding carboxylic acids is 1. The van der Waals surface area contributed by atoms with Crippen LogP contribution in [0.25, 0.3) is 0 Å². The SMILES string of the molecule is CC(C)(CC[C@H](CC(=O)O)NC(=O)OCc1ccccc1)[Si](O)(c1ccccc1)c1ccccc1. The fraction of sp³-hybridized carbons (Fsp3) is 0.286. The number of carboxylic acid groups (broad SMARTS) is 1. The topological polar surface area (TPSA) is 95.9 Å². The van der Waals surface area contributed by atoms with E-state index >= 15 is 0 Å². The Bertz CT molecular complexity index is 1050. The molecule has 0 saturated carbocycles. The summed E-state index contributed by atoms with van der Waals surface area (Å²) in [6.45, 7) is 4.14. The first kappa shape index (κ1) is 26.2. The van der Waals surface area contributed by atoms with Crippen molar-refractivity contribution in [2.75, 3.05) is 0 Å². The lowest BCUT2D eigenvalue weighted by Crippen LogP contribution is -2.65. The van der Waals surface area contributed by atoms with Gasteiger partial charge in [-0.25, -0.2) is 4.79 Å². The van der Waals surface area contributed by atoms with Crippen LogP contribution < -0.4 is 15.7 Å². The van der Waals surface area contributed by atoms with Crippen LogP contribution in [-0.2, 0) is 16.1 Å². The number of carboxylic acids is 1. The maximum Gasteiger partial charge on any atom is 0.407 e. The summed E-state index contributed by atoms with van der Waals surface area (Å²) >= 11 is 0. The van der Waals surface area contributed by atoms with Crippen molar-refractivity contribution in [3.05, 3.63) is 96.6 Å². The van der Waals surface area contributed by atoms with E-state index in [-0.39, 0.29) is 13.0 Å². The van der Waals surface area contributed by atoms with Gasteiger partial charge in [0.25, 0.3) is 8.32 Å². The monoisotopic (exact) mass is 491 g/mol. The fourth-order valence-corrected chi connectivity index (χ4v) is 8.14. The summed E-state index contributed by atoms with van der Waals surface area (Å²) in [4.78, 5) is 36.2. The Morgan fingerprint density at radius 3 is 1.86 bits per heavy atom. The van der Waals surface area contributed by atoms with Crippen LogP contribution in [0.4, 0.5) is 4.79 Å². The second-order valence-corrected chi connectivity index (χ2v) is 13.3. The molecule has 3 rings (SSSR count). The molecular weight excluding hydrogens is 458 g/mol. The van der Waals surface area contributed by atoms with Crippen LogP contribution in [0.5, 0.6) is 0 Å². The van der Waals surface area contributed by atoms with E-state index in [1.54, 1.807) is 0 Å². The Labute approximate surface area is 207 Å². The van der Waals surface area contributed by atoms with Crippen molar-refractivity contribution in [2.24, 2.45) is 0 Å². The minimum absolute atomic E-state index is 0.104. The van der Waals surface area contributed by atoms with Gasteiger partial charge in [-0.15, -0.1) is 0 Å². The van der Waals surface area contributed by atoms with Crippen LogP contribution in [0.2, 0.25) is 5.04 Å². The number of carbonyl (C=O) groups is 2. The highest BCUT2D eigenvalue weighted by Gasteiger charge is 2.49. The minimum Gasteiger partial charge on any atom is -0.481 e. The van der Waals surface area contributed by atoms with E-state index in [0.29, 0.717) is 12.8 Å². The quantitative estimate of drug-likeness (QED) is 0.352. The molecule has 3 N–H and O–H groups in total. The Balaban J connectivity index is 1.75. The van der Waals surface area contributed by atoms with E-state index in [2.05, 4.69) is 5.32 Å². The van der Waals surface area contributed by atoms with Gasteiger partial charge in [0, 0.05) is 6.04 Å². The van der Waals surface area contributed by atoms with Gasteiger partial charge in [-0.05, 0) is 33.8 Å². The van der Waals surface area contributed by atoms with E-state index in [1.807, 2.05) is 105 Å². The molecular formula is C28H33NO5Si. The fourth-order valence-electron chi connectivity index (χ4n) is 4.39. The van der Waals surface area contributed by atoms with Gasteiger partial charge in [-0.2, -0.15) is 0 Å². The minimum atomic E-state index is -3.23. The number of rotatable bonds is 11. The van der Waals surface area contributed by atoms with Crippen LogP contribution in [0.3, 0.4) is 0 Å². The predicted octanol–water partition coefficient (Wildman–Crippen LogP) is 4.07. The highest BCUT2D eigenvalue weighted by Crippen LogP contribution is 2.40. The van der Waals surface area contributed by atoms with Crippen LogP contribution >= 0.6 is 0 Å². The highest BCUT2D eigenvalue weighted by atomic mass is 28.4. The van der Waals surface area contributed by atoms with Crippen molar-refractivity contribution >= 4 is 30.8 Å².